The lowest BCUT2D eigenvalue weighted by atomic mass is 10.1. The van der Waals surface area contributed by atoms with Crippen LogP contribution in [0.4, 0.5) is 0 Å². The third-order valence-electron chi connectivity index (χ3n) is 2.24. The summed E-state index contributed by atoms with van der Waals surface area (Å²) in [6.45, 7) is 1.28. The van der Waals surface area contributed by atoms with Gasteiger partial charge < -0.3 is 10.5 Å². The molecule has 2 N–H and O–H groups in total. The molecular formula is C15H19NO. The van der Waals surface area contributed by atoms with Gasteiger partial charge >= 0.3 is 0 Å². The van der Waals surface area contributed by atoms with Crippen molar-refractivity contribution in [3.8, 4) is 0 Å². The Kier molecular flexibility index (Phi) is 6.72. The molecule has 0 atom stereocenters. The van der Waals surface area contributed by atoms with Crippen LogP contribution >= 0.6 is 0 Å². The van der Waals surface area contributed by atoms with Crippen molar-refractivity contribution in [2.75, 3.05) is 7.11 Å². The van der Waals surface area contributed by atoms with Crippen molar-refractivity contribution in [3.05, 3.63) is 71.8 Å². The summed E-state index contributed by atoms with van der Waals surface area (Å²) in [7, 11) is 1.69. The average molecular weight is 229 g/mol. The van der Waals surface area contributed by atoms with Gasteiger partial charge in [0.15, 0.2) is 0 Å². The van der Waals surface area contributed by atoms with Crippen LogP contribution < -0.4 is 5.73 Å². The van der Waals surface area contributed by atoms with Crippen molar-refractivity contribution < 1.29 is 4.74 Å². The van der Waals surface area contributed by atoms with Crippen LogP contribution in [0, 0.1) is 0 Å². The molecule has 2 heteroatoms. The third-order valence-corrected chi connectivity index (χ3v) is 2.24. The lowest BCUT2D eigenvalue weighted by molar-refractivity contribution is 0.185. The zero-order valence-electron chi connectivity index (χ0n) is 10.2. The molecular weight excluding hydrogens is 210 g/mol. The Hall–Kier alpha value is -1.64. The Morgan fingerprint density at radius 1 is 0.824 bits per heavy atom. The molecule has 0 heterocycles. The van der Waals surface area contributed by atoms with E-state index in [1.165, 1.54) is 5.56 Å². The van der Waals surface area contributed by atoms with Crippen LogP contribution in [0.25, 0.3) is 0 Å². The molecule has 2 aromatic rings. The quantitative estimate of drug-likeness (QED) is 0.878. The summed E-state index contributed by atoms with van der Waals surface area (Å²) in [6.07, 6.45) is 0. The normalized spacial score (nSPS) is 9.29. The number of hydrogen-bond donors (Lipinski definition) is 1. The molecule has 0 aliphatic rings. The highest BCUT2D eigenvalue weighted by atomic mass is 16.5. The first-order valence-corrected chi connectivity index (χ1v) is 5.63. The van der Waals surface area contributed by atoms with Crippen molar-refractivity contribution in [1.29, 1.82) is 0 Å². The molecule has 2 aromatic carbocycles. The van der Waals surface area contributed by atoms with E-state index in [9.17, 15) is 0 Å². The van der Waals surface area contributed by atoms with E-state index in [4.69, 9.17) is 10.5 Å². The van der Waals surface area contributed by atoms with Crippen molar-refractivity contribution in [3.63, 3.8) is 0 Å². The molecule has 2 nitrogen and oxygen atoms in total. The maximum absolute atomic E-state index is 5.44. The van der Waals surface area contributed by atoms with E-state index in [0.29, 0.717) is 13.2 Å². The van der Waals surface area contributed by atoms with Crippen molar-refractivity contribution in [2.24, 2.45) is 5.73 Å². The van der Waals surface area contributed by atoms with E-state index in [2.05, 4.69) is 0 Å². The maximum atomic E-state index is 5.44. The summed E-state index contributed by atoms with van der Waals surface area (Å²) < 4.78 is 4.97. The minimum absolute atomic E-state index is 0.604. The second kappa shape index (κ2) is 8.50. The van der Waals surface area contributed by atoms with E-state index in [0.717, 1.165) is 5.56 Å². The predicted octanol–water partition coefficient (Wildman–Crippen LogP) is 2.98. The van der Waals surface area contributed by atoms with E-state index < -0.39 is 0 Å². The highest BCUT2D eigenvalue weighted by Gasteiger charge is 1.90. The molecule has 90 valence electrons. The lowest BCUT2D eigenvalue weighted by Crippen LogP contribution is -1.96. The van der Waals surface area contributed by atoms with Crippen LogP contribution in [0.15, 0.2) is 60.7 Å². The zero-order valence-corrected chi connectivity index (χ0v) is 10.2. The Bertz CT molecular complexity index is 357. The molecule has 0 amide bonds. The first kappa shape index (κ1) is 13.4. The van der Waals surface area contributed by atoms with E-state index >= 15 is 0 Å². The van der Waals surface area contributed by atoms with Crippen LogP contribution in [0.2, 0.25) is 0 Å². The van der Waals surface area contributed by atoms with Gasteiger partial charge in [-0.1, -0.05) is 60.7 Å². The Morgan fingerprint density at radius 2 is 1.24 bits per heavy atom. The van der Waals surface area contributed by atoms with Gasteiger partial charge in [0.1, 0.15) is 0 Å². The first-order valence-electron chi connectivity index (χ1n) is 5.63. The highest BCUT2D eigenvalue weighted by Crippen LogP contribution is 2.04. The van der Waals surface area contributed by atoms with Gasteiger partial charge in [-0.2, -0.15) is 0 Å². The Labute approximate surface area is 103 Å². The van der Waals surface area contributed by atoms with Crippen LogP contribution in [-0.2, 0) is 17.9 Å². The van der Waals surface area contributed by atoms with Crippen LogP contribution in [-0.4, -0.2) is 7.11 Å². The van der Waals surface area contributed by atoms with Gasteiger partial charge in [0.2, 0.25) is 0 Å². The topological polar surface area (TPSA) is 35.2 Å². The lowest BCUT2D eigenvalue weighted by Gasteiger charge is -2.00. The fourth-order valence-electron chi connectivity index (χ4n) is 1.32. The molecule has 0 bridgehead atoms. The predicted molar refractivity (Wildman–Crippen MR) is 71.5 cm³/mol. The number of rotatable bonds is 3. The average Bonchev–Trinajstić information content (AvgIpc) is 2.43. The van der Waals surface area contributed by atoms with Gasteiger partial charge in [-0.3, -0.25) is 0 Å². The van der Waals surface area contributed by atoms with Gasteiger partial charge in [-0.15, -0.1) is 0 Å². The maximum Gasteiger partial charge on any atom is 0.0713 e. The van der Waals surface area contributed by atoms with Gasteiger partial charge in [0, 0.05) is 13.7 Å². The van der Waals surface area contributed by atoms with Gasteiger partial charge in [0.25, 0.3) is 0 Å². The highest BCUT2D eigenvalue weighted by molar-refractivity contribution is 5.21. The Balaban J connectivity index is 0.000000202. The number of hydrogen-bond acceptors (Lipinski definition) is 2. The summed E-state index contributed by atoms with van der Waals surface area (Å²) >= 11 is 0. The van der Waals surface area contributed by atoms with E-state index in [1.54, 1.807) is 7.11 Å². The standard InChI is InChI=1S/C9H13NO.C6H6/c1-11-7-9-4-2-8(6-10)3-5-9;1-2-4-6-5-3-1/h2-5H,6-7,10H2,1H3;1-6H. The number of benzene rings is 2. The number of ether oxygens (including phenoxy) is 1. The molecule has 0 saturated heterocycles. The number of nitrogens with two attached hydrogens (primary N) is 1. The first-order chi connectivity index (χ1) is 8.36. The fourth-order valence-corrected chi connectivity index (χ4v) is 1.32. The zero-order chi connectivity index (χ0) is 12.3. The third kappa shape index (κ3) is 5.85. The Morgan fingerprint density at radius 3 is 1.59 bits per heavy atom. The molecule has 0 saturated carbocycles. The molecule has 0 aliphatic heterocycles. The summed E-state index contributed by atoms with van der Waals surface area (Å²) in [5, 5.41) is 0. The van der Waals surface area contributed by atoms with Crippen LogP contribution in [0.3, 0.4) is 0 Å². The summed E-state index contributed by atoms with van der Waals surface area (Å²) in [6, 6.07) is 20.1. The minimum Gasteiger partial charge on any atom is -0.380 e. The SMILES string of the molecule is COCc1ccc(CN)cc1.c1ccccc1. The van der Waals surface area contributed by atoms with Crippen molar-refractivity contribution in [2.45, 2.75) is 13.2 Å². The number of methoxy groups -OCH3 is 1. The molecule has 0 aromatic heterocycles. The summed E-state index contributed by atoms with van der Waals surface area (Å²) in [5.41, 5.74) is 7.78. The second-order valence-electron chi connectivity index (χ2n) is 3.61. The van der Waals surface area contributed by atoms with Gasteiger partial charge in [0.05, 0.1) is 6.61 Å². The van der Waals surface area contributed by atoms with Crippen LogP contribution in [0.5, 0.6) is 0 Å². The van der Waals surface area contributed by atoms with Crippen molar-refractivity contribution in [1.82, 2.24) is 0 Å². The summed E-state index contributed by atoms with van der Waals surface area (Å²) in [5.74, 6) is 0. The second-order valence-corrected chi connectivity index (χ2v) is 3.61. The molecule has 2 rings (SSSR count). The van der Waals surface area contributed by atoms with E-state index in [-0.39, 0.29) is 0 Å². The van der Waals surface area contributed by atoms with Crippen molar-refractivity contribution >= 4 is 0 Å². The van der Waals surface area contributed by atoms with Crippen LogP contribution in [0.1, 0.15) is 11.1 Å². The summed E-state index contributed by atoms with van der Waals surface area (Å²) in [4.78, 5) is 0. The van der Waals surface area contributed by atoms with Gasteiger partial charge in [-0.05, 0) is 11.1 Å². The molecule has 0 fully saturated rings. The van der Waals surface area contributed by atoms with E-state index in [1.807, 2.05) is 60.7 Å². The van der Waals surface area contributed by atoms with Gasteiger partial charge in [-0.25, -0.2) is 0 Å². The minimum atomic E-state index is 0.604. The molecule has 0 radical (unpaired) electrons. The fraction of sp³-hybridized carbons (Fsp3) is 0.200. The largest absolute Gasteiger partial charge is 0.380 e. The molecule has 0 spiro atoms. The molecule has 0 unspecified atom stereocenters. The smallest absolute Gasteiger partial charge is 0.0713 e. The molecule has 17 heavy (non-hydrogen) atoms. The monoisotopic (exact) mass is 229 g/mol. The molecule has 0 aliphatic carbocycles.